The second-order valence-electron chi connectivity index (χ2n) is 6.85. The maximum Gasteiger partial charge on any atom is 0.250 e. The number of H-pyrrole nitrogens is 1. The second kappa shape index (κ2) is 8.17. The summed E-state index contributed by atoms with van der Waals surface area (Å²) < 4.78 is 16.5. The molecule has 0 aliphatic rings. The van der Waals surface area contributed by atoms with Crippen LogP contribution >= 0.6 is 11.6 Å². The van der Waals surface area contributed by atoms with Crippen molar-refractivity contribution in [2.24, 2.45) is 4.40 Å². The van der Waals surface area contributed by atoms with E-state index in [2.05, 4.69) is 14.4 Å². The van der Waals surface area contributed by atoms with E-state index in [9.17, 15) is 9.35 Å². The summed E-state index contributed by atoms with van der Waals surface area (Å²) in [4.78, 5) is 18.2. The summed E-state index contributed by atoms with van der Waals surface area (Å²) in [7, 11) is 0. The molecule has 0 fully saturated rings. The molecule has 2 rings (SSSR count). The Hall–Kier alpha value is -1.63. The quantitative estimate of drug-likeness (QED) is 0.632. The lowest BCUT2D eigenvalue weighted by molar-refractivity contribution is 0.561. The summed E-state index contributed by atoms with van der Waals surface area (Å²) in [5.74, 6) is -0.0475. The zero-order valence-corrected chi connectivity index (χ0v) is 16.3. The molecule has 0 saturated heterocycles. The summed E-state index contributed by atoms with van der Waals surface area (Å²) in [6.07, 6.45) is 1.90. The fourth-order valence-electron chi connectivity index (χ4n) is 2.13. The van der Waals surface area contributed by atoms with Crippen LogP contribution in [0.2, 0.25) is 5.02 Å². The first kappa shape index (κ1) is 19.7. The number of nitrogens with one attached hydrogen (secondary N) is 1. The van der Waals surface area contributed by atoms with Crippen molar-refractivity contribution in [1.82, 2.24) is 9.97 Å². The largest absolute Gasteiger partial charge is 0.591 e. The molecule has 0 spiro atoms. The maximum atomic E-state index is 12.5. The third-order valence-electron chi connectivity index (χ3n) is 3.60. The molecule has 0 bridgehead atoms. The van der Waals surface area contributed by atoms with Gasteiger partial charge in [0, 0.05) is 29.0 Å². The molecule has 2 atom stereocenters. The maximum absolute atomic E-state index is 12.5. The first-order valence-corrected chi connectivity index (χ1v) is 9.45. The van der Waals surface area contributed by atoms with Gasteiger partial charge in [0.2, 0.25) is 0 Å². The smallest absolute Gasteiger partial charge is 0.250 e. The fourth-order valence-corrected chi connectivity index (χ4v) is 2.91. The van der Waals surface area contributed by atoms with Gasteiger partial charge in [0.1, 0.15) is 16.1 Å². The number of aromatic nitrogens is 2. The number of rotatable bonds is 5. The summed E-state index contributed by atoms with van der Waals surface area (Å²) >= 11 is 4.58. The number of halogens is 1. The Morgan fingerprint density at radius 2 is 2.00 bits per heavy atom. The summed E-state index contributed by atoms with van der Waals surface area (Å²) in [5.41, 5.74) is 2.05. The van der Waals surface area contributed by atoms with Crippen molar-refractivity contribution in [3.05, 3.63) is 63.3 Å². The molecule has 2 unspecified atom stereocenters. The van der Waals surface area contributed by atoms with E-state index in [0.29, 0.717) is 22.8 Å². The van der Waals surface area contributed by atoms with Gasteiger partial charge < -0.3 is 9.54 Å². The van der Waals surface area contributed by atoms with Crippen LogP contribution in [-0.2, 0) is 11.4 Å². The van der Waals surface area contributed by atoms with Crippen LogP contribution in [0.15, 0.2) is 45.9 Å². The minimum atomic E-state index is -1.38. The third-order valence-corrected chi connectivity index (χ3v) is 5.28. The van der Waals surface area contributed by atoms with Gasteiger partial charge in [-0.05, 0) is 32.9 Å². The molecule has 1 aromatic heterocycles. The molecule has 0 saturated carbocycles. The van der Waals surface area contributed by atoms with E-state index < -0.39 is 16.1 Å². The van der Waals surface area contributed by atoms with Crippen molar-refractivity contribution in [3.8, 4) is 0 Å². The van der Waals surface area contributed by atoms with Gasteiger partial charge in [0.25, 0.3) is 5.56 Å². The molecule has 1 heterocycles. The monoisotopic (exact) mass is 379 g/mol. The van der Waals surface area contributed by atoms with E-state index in [0.717, 1.165) is 5.56 Å². The van der Waals surface area contributed by atoms with Crippen molar-refractivity contribution in [1.29, 1.82) is 0 Å². The van der Waals surface area contributed by atoms with E-state index in [1.807, 2.05) is 39.8 Å². The zero-order chi connectivity index (χ0) is 18.6. The van der Waals surface area contributed by atoms with Gasteiger partial charge in [-0.25, -0.2) is 4.98 Å². The number of hydrogen-bond acceptors (Lipinski definition) is 4. The van der Waals surface area contributed by atoms with Gasteiger partial charge in [-0.2, -0.15) is 0 Å². The van der Waals surface area contributed by atoms with Crippen LogP contribution in [-0.4, -0.2) is 25.0 Å². The van der Waals surface area contributed by atoms with Crippen LogP contribution in [0.25, 0.3) is 0 Å². The molecule has 0 aliphatic heterocycles. The minimum Gasteiger partial charge on any atom is -0.591 e. The summed E-state index contributed by atoms with van der Waals surface area (Å²) in [6, 6.07) is 8.76. The average molecular weight is 380 g/mol. The minimum absolute atomic E-state index is 0.0475. The highest BCUT2D eigenvalue weighted by atomic mass is 35.5. The van der Waals surface area contributed by atoms with E-state index in [1.165, 1.54) is 12.4 Å². The van der Waals surface area contributed by atoms with E-state index in [4.69, 9.17) is 11.6 Å². The molecule has 25 heavy (non-hydrogen) atoms. The van der Waals surface area contributed by atoms with Gasteiger partial charge in [-0.15, -0.1) is 0 Å². The summed E-state index contributed by atoms with van der Waals surface area (Å²) in [6.45, 7) is 7.61. The van der Waals surface area contributed by atoms with E-state index in [1.54, 1.807) is 12.1 Å². The van der Waals surface area contributed by atoms with Gasteiger partial charge in [-0.1, -0.05) is 35.1 Å². The molecule has 0 aliphatic carbocycles. The first-order valence-electron chi connectivity index (χ1n) is 7.97. The zero-order valence-electron chi connectivity index (χ0n) is 14.7. The van der Waals surface area contributed by atoms with Crippen molar-refractivity contribution in [2.75, 3.05) is 0 Å². The van der Waals surface area contributed by atoms with Gasteiger partial charge in [-0.3, -0.25) is 4.79 Å². The molecule has 2 aromatic rings. The standard InChI is InChI=1S/C18H22ClN3O2S/c1-12(15-10-17(23)21-11-20-15)9-16(22-25(24)18(2,3)4)13-5-7-14(19)8-6-13/h5-8,10-12H,9H2,1-4H3,(H,20,21,23). The van der Waals surface area contributed by atoms with Crippen LogP contribution in [0.1, 0.15) is 51.3 Å². The molecule has 5 nitrogen and oxygen atoms in total. The number of aromatic amines is 1. The van der Waals surface area contributed by atoms with Gasteiger partial charge in [0.05, 0.1) is 17.7 Å². The Morgan fingerprint density at radius 3 is 2.56 bits per heavy atom. The van der Waals surface area contributed by atoms with Gasteiger partial charge >= 0.3 is 0 Å². The highest BCUT2D eigenvalue weighted by molar-refractivity contribution is 7.91. The van der Waals surface area contributed by atoms with Crippen LogP contribution in [0.4, 0.5) is 0 Å². The normalized spacial score (nSPS) is 15.0. The first-order chi connectivity index (χ1) is 11.7. The van der Waals surface area contributed by atoms with Gasteiger partial charge in [0.15, 0.2) is 0 Å². The highest BCUT2D eigenvalue weighted by Gasteiger charge is 2.28. The van der Waals surface area contributed by atoms with Crippen LogP contribution in [0, 0.1) is 0 Å². The molecule has 134 valence electrons. The Labute approximate surface area is 155 Å². The number of benzene rings is 1. The Kier molecular flexibility index (Phi) is 6.43. The molecule has 0 amide bonds. The summed E-state index contributed by atoms with van der Waals surface area (Å²) in [5, 5.41) is 0.629. The van der Waals surface area contributed by atoms with Crippen molar-refractivity contribution >= 4 is 28.7 Å². The van der Waals surface area contributed by atoms with E-state index in [-0.39, 0.29) is 11.5 Å². The Balaban J connectivity index is 2.36. The SMILES string of the molecule is CC(CC(=N[S+]([O-])C(C)(C)C)c1ccc(Cl)cc1)c1cc(=O)[nH]cn1. The number of hydrogen-bond donors (Lipinski definition) is 1. The molecule has 0 radical (unpaired) electrons. The average Bonchev–Trinajstić information content (AvgIpc) is 2.54. The van der Waals surface area contributed by atoms with Crippen LogP contribution in [0.5, 0.6) is 0 Å². The molecule has 1 N–H and O–H groups in total. The topological polar surface area (TPSA) is 81.2 Å². The lowest BCUT2D eigenvalue weighted by atomic mass is 9.96. The third kappa shape index (κ3) is 5.70. The molecule has 7 heteroatoms. The Bertz CT molecular complexity index is 797. The fraction of sp³-hybridized carbons (Fsp3) is 0.389. The van der Waals surface area contributed by atoms with Crippen molar-refractivity contribution in [3.63, 3.8) is 0 Å². The predicted molar refractivity (Wildman–Crippen MR) is 104 cm³/mol. The van der Waals surface area contributed by atoms with Crippen molar-refractivity contribution in [2.45, 2.75) is 44.8 Å². The van der Waals surface area contributed by atoms with Crippen LogP contribution < -0.4 is 5.56 Å². The lowest BCUT2D eigenvalue weighted by Crippen LogP contribution is -2.27. The molecular formula is C18H22ClN3O2S. The predicted octanol–water partition coefficient (Wildman–Crippen LogP) is 3.87. The molecular weight excluding hydrogens is 358 g/mol. The number of nitrogens with zero attached hydrogens (tertiary/aromatic N) is 2. The highest BCUT2D eigenvalue weighted by Crippen LogP contribution is 2.24. The lowest BCUT2D eigenvalue weighted by Gasteiger charge is -2.20. The second-order valence-corrected chi connectivity index (χ2v) is 9.19. The Morgan fingerprint density at radius 1 is 1.36 bits per heavy atom. The van der Waals surface area contributed by atoms with Crippen molar-refractivity contribution < 1.29 is 4.55 Å². The van der Waals surface area contributed by atoms with E-state index >= 15 is 0 Å². The van der Waals surface area contributed by atoms with Crippen LogP contribution in [0.3, 0.4) is 0 Å². The molecule has 1 aromatic carbocycles.